The molecule has 1 aliphatic heterocycles. The zero-order valence-corrected chi connectivity index (χ0v) is 11.5. The lowest BCUT2D eigenvalue weighted by molar-refractivity contribution is 0.0776. The molecule has 102 valence electrons. The third-order valence-electron chi connectivity index (χ3n) is 3.74. The monoisotopic (exact) mass is 260 g/mol. The highest BCUT2D eigenvalue weighted by atomic mass is 16.5. The Morgan fingerprint density at radius 2 is 2.21 bits per heavy atom. The van der Waals surface area contributed by atoms with Crippen LogP contribution in [0.5, 0.6) is 0 Å². The molecule has 0 atom stereocenters. The van der Waals surface area contributed by atoms with Gasteiger partial charge < -0.3 is 10.1 Å². The zero-order chi connectivity index (χ0) is 13.2. The minimum atomic E-state index is 0.569. The molecule has 3 heterocycles. The van der Waals surface area contributed by atoms with Crippen molar-refractivity contribution in [1.29, 1.82) is 0 Å². The lowest BCUT2D eigenvalue weighted by Gasteiger charge is -2.23. The highest BCUT2D eigenvalue weighted by Crippen LogP contribution is 2.16. The number of hydrogen-bond donors (Lipinski definition) is 1. The average molecular weight is 260 g/mol. The molecule has 5 heteroatoms. The van der Waals surface area contributed by atoms with Crippen molar-refractivity contribution in [2.45, 2.75) is 32.4 Å². The van der Waals surface area contributed by atoms with Gasteiger partial charge in [-0.3, -0.25) is 4.68 Å². The van der Waals surface area contributed by atoms with Crippen molar-refractivity contribution >= 4 is 11.0 Å². The van der Waals surface area contributed by atoms with E-state index in [-0.39, 0.29) is 0 Å². The predicted octanol–water partition coefficient (Wildman–Crippen LogP) is 1.55. The molecule has 5 nitrogen and oxygen atoms in total. The van der Waals surface area contributed by atoms with Gasteiger partial charge >= 0.3 is 0 Å². The molecule has 19 heavy (non-hydrogen) atoms. The second-order valence-electron chi connectivity index (χ2n) is 5.19. The summed E-state index contributed by atoms with van der Waals surface area (Å²) < 4.78 is 7.20. The molecule has 0 radical (unpaired) electrons. The highest BCUT2D eigenvalue weighted by molar-refractivity contribution is 5.78. The minimum absolute atomic E-state index is 0.569. The molecule has 3 rings (SSSR count). The van der Waals surface area contributed by atoms with Crippen molar-refractivity contribution in [2.24, 2.45) is 7.05 Å². The quantitative estimate of drug-likeness (QED) is 0.909. The van der Waals surface area contributed by atoms with E-state index in [1.54, 1.807) is 0 Å². The Hall–Kier alpha value is -1.46. The van der Waals surface area contributed by atoms with Crippen molar-refractivity contribution in [3.05, 3.63) is 23.5 Å². The van der Waals surface area contributed by atoms with Crippen LogP contribution in [-0.2, 0) is 18.3 Å². The van der Waals surface area contributed by atoms with Gasteiger partial charge in [0.1, 0.15) is 0 Å². The van der Waals surface area contributed by atoms with Gasteiger partial charge in [0.05, 0.1) is 5.69 Å². The normalized spacial score (nSPS) is 17.2. The van der Waals surface area contributed by atoms with E-state index in [1.165, 1.54) is 5.56 Å². The molecule has 0 aromatic carbocycles. The lowest BCUT2D eigenvalue weighted by Crippen LogP contribution is -2.34. The Bertz CT molecular complexity index is 572. The van der Waals surface area contributed by atoms with Crippen LogP contribution in [-0.4, -0.2) is 34.0 Å². The fourth-order valence-corrected chi connectivity index (χ4v) is 2.61. The van der Waals surface area contributed by atoms with E-state index in [9.17, 15) is 0 Å². The number of nitrogens with one attached hydrogen (secondary N) is 1. The van der Waals surface area contributed by atoms with E-state index in [1.807, 2.05) is 24.9 Å². The topological polar surface area (TPSA) is 52.0 Å². The van der Waals surface area contributed by atoms with E-state index in [4.69, 9.17) is 4.74 Å². The summed E-state index contributed by atoms with van der Waals surface area (Å²) in [5.41, 5.74) is 3.21. The van der Waals surface area contributed by atoms with Crippen LogP contribution in [0, 0.1) is 6.92 Å². The molecule has 0 amide bonds. The molecule has 1 fully saturated rings. The molecular formula is C14H20N4O. The van der Waals surface area contributed by atoms with E-state index in [0.717, 1.165) is 49.3 Å². The van der Waals surface area contributed by atoms with Crippen LogP contribution in [0.25, 0.3) is 11.0 Å². The SMILES string of the molecule is Cc1nn(C)c2ncc(CNC3CCOCC3)cc12. The largest absolute Gasteiger partial charge is 0.381 e. The predicted molar refractivity (Wildman–Crippen MR) is 73.9 cm³/mol. The van der Waals surface area contributed by atoms with Gasteiger partial charge in [-0.2, -0.15) is 5.10 Å². The van der Waals surface area contributed by atoms with Gasteiger partial charge in [0, 0.05) is 44.4 Å². The summed E-state index contributed by atoms with van der Waals surface area (Å²) in [7, 11) is 1.93. The first-order valence-corrected chi connectivity index (χ1v) is 6.83. The number of aryl methyl sites for hydroxylation is 2. The summed E-state index contributed by atoms with van der Waals surface area (Å²) in [4.78, 5) is 4.50. The first kappa shape index (κ1) is 12.6. The number of nitrogens with zero attached hydrogens (tertiary/aromatic N) is 3. The Kier molecular flexibility index (Phi) is 3.48. The van der Waals surface area contributed by atoms with Gasteiger partial charge in [0.25, 0.3) is 0 Å². The fourth-order valence-electron chi connectivity index (χ4n) is 2.61. The van der Waals surface area contributed by atoms with Gasteiger partial charge in [-0.1, -0.05) is 0 Å². The summed E-state index contributed by atoms with van der Waals surface area (Å²) in [6, 6.07) is 2.76. The third kappa shape index (κ3) is 2.62. The first-order valence-electron chi connectivity index (χ1n) is 6.83. The highest BCUT2D eigenvalue weighted by Gasteiger charge is 2.13. The smallest absolute Gasteiger partial charge is 0.157 e. The molecule has 1 aliphatic rings. The van der Waals surface area contributed by atoms with Crippen LogP contribution < -0.4 is 5.32 Å². The number of fused-ring (bicyclic) bond motifs is 1. The summed E-state index contributed by atoms with van der Waals surface area (Å²) >= 11 is 0. The molecular weight excluding hydrogens is 240 g/mol. The maximum Gasteiger partial charge on any atom is 0.157 e. The average Bonchev–Trinajstić information content (AvgIpc) is 2.73. The van der Waals surface area contributed by atoms with Crippen LogP contribution in [0.4, 0.5) is 0 Å². The Labute approximate surface area is 113 Å². The second kappa shape index (κ2) is 5.27. The van der Waals surface area contributed by atoms with Gasteiger partial charge in [0.2, 0.25) is 0 Å². The van der Waals surface area contributed by atoms with Gasteiger partial charge in [0.15, 0.2) is 5.65 Å². The van der Waals surface area contributed by atoms with Crippen LogP contribution in [0.2, 0.25) is 0 Å². The molecule has 0 unspecified atom stereocenters. The van der Waals surface area contributed by atoms with E-state index >= 15 is 0 Å². The maximum atomic E-state index is 5.36. The van der Waals surface area contributed by atoms with Gasteiger partial charge in [-0.15, -0.1) is 0 Å². The van der Waals surface area contributed by atoms with Gasteiger partial charge in [-0.05, 0) is 31.4 Å². The van der Waals surface area contributed by atoms with E-state index < -0.39 is 0 Å². The van der Waals surface area contributed by atoms with Crippen LogP contribution in [0.3, 0.4) is 0 Å². The molecule has 0 aliphatic carbocycles. The lowest BCUT2D eigenvalue weighted by atomic mass is 10.1. The third-order valence-corrected chi connectivity index (χ3v) is 3.74. The molecule has 0 saturated carbocycles. The number of rotatable bonds is 3. The van der Waals surface area contributed by atoms with Crippen molar-refractivity contribution in [2.75, 3.05) is 13.2 Å². The standard InChI is InChI=1S/C14H20N4O/c1-10-13-7-11(9-16-14(13)18(2)17-10)8-15-12-3-5-19-6-4-12/h7,9,12,15H,3-6,8H2,1-2H3. The number of pyridine rings is 1. The summed E-state index contributed by atoms with van der Waals surface area (Å²) in [5.74, 6) is 0. The molecule has 2 aromatic rings. The summed E-state index contributed by atoms with van der Waals surface area (Å²) in [6.45, 7) is 4.63. The van der Waals surface area contributed by atoms with Crippen molar-refractivity contribution in [3.63, 3.8) is 0 Å². The van der Waals surface area contributed by atoms with Crippen LogP contribution in [0.15, 0.2) is 12.3 Å². The first-order chi connectivity index (χ1) is 9.24. The van der Waals surface area contributed by atoms with E-state index in [2.05, 4.69) is 21.5 Å². The molecule has 0 spiro atoms. The number of aromatic nitrogens is 3. The van der Waals surface area contributed by atoms with Crippen molar-refractivity contribution in [1.82, 2.24) is 20.1 Å². The van der Waals surface area contributed by atoms with Crippen molar-refractivity contribution < 1.29 is 4.74 Å². The minimum Gasteiger partial charge on any atom is -0.381 e. The number of ether oxygens (including phenoxy) is 1. The Balaban J connectivity index is 1.72. The number of hydrogen-bond acceptors (Lipinski definition) is 4. The maximum absolute atomic E-state index is 5.36. The Morgan fingerprint density at radius 3 is 3.00 bits per heavy atom. The summed E-state index contributed by atoms with van der Waals surface area (Å²) in [6.07, 6.45) is 4.14. The van der Waals surface area contributed by atoms with Crippen LogP contribution in [0.1, 0.15) is 24.1 Å². The molecule has 0 bridgehead atoms. The zero-order valence-electron chi connectivity index (χ0n) is 11.5. The van der Waals surface area contributed by atoms with E-state index in [0.29, 0.717) is 6.04 Å². The Morgan fingerprint density at radius 1 is 1.42 bits per heavy atom. The fraction of sp³-hybridized carbons (Fsp3) is 0.571. The van der Waals surface area contributed by atoms with Crippen LogP contribution >= 0.6 is 0 Å². The molecule has 1 saturated heterocycles. The molecule has 2 aromatic heterocycles. The van der Waals surface area contributed by atoms with Crippen molar-refractivity contribution in [3.8, 4) is 0 Å². The second-order valence-corrected chi connectivity index (χ2v) is 5.19. The van der Waals surface area contributed by atoms with Gasteiger partial charge in [-0.25, -0.2) is 4.98 Å². The summed E-state index contributed by atoms with van der Waals surface area (Å²) in [5, 5.41) is 9.13. The molecule has 1 N–H and O–H groups in total.